The average Bonchev–Trinajstić information content (AvgIpc) is 3.33. The molecule has 1 aliphatic heterocycles. The van der Waals surface area contributed by atoms with Crippen molar-refractivity contribution in [1.29, 1.82) is 0 Å². The number of hydrogen-bond acceptors (Lipinski definition) is 5. The van der Waals surface area contributed by atoms with Crippen LogP contribution in [0.3, 0.4) is 0 Å². The molecule has 2 unspecified atom stereocenters. The van der Waals surface area contributed by atoms with Crippen molar-refractivity contribution in [2.24, 2.45) is 0 Å². The van der Waals surface area contributed by atoms with E-state index in [1.54, 1.807) is 18.7 Å². The predicted octanol–water partition coefficient (Wildman–Crippen LogP) is 3.84. The third-order valence-electron chi connectivity index (χ3n) is 5.86. The summed E-state index contributed by atoms with van der Waals surface area (Å²) in [5.41, 5.74) is -0.212. The predicted molar refractivity (Wildman–Crippen MR) is 114 cm³/mol. The number of rotatable bonds is 3. The summed E-state index contributed by atoms with van der Waals surface area (Å²) in [4.78, 5) is 22.9. The molecule has 1 fully saturated rings. The summed E-state index contributed by atoms with van der Waals surface area (Å²) >= 11 is 0. The van der Waals surface area contributed by atoms with Gasteiger partial charge in [-0.05, 0) is 19.9 Å². The molecule has 0 spiro atoms. The zero-order chi connectivity index (χ0) is 25.1. The van der Waals surface area contributed by atoms with E-state index in [1.165, 1.54) is 18.5 Å². The van der Waals surface area contributed by atoms with Crippen LogP contribution >= 0.6 is 0 Å². The minimum absolute atomic E-state index is 0.00364. The van der Waals surface area contributed by atoms with E-state index in [-0.39, 0.29) is 45.7 Å². The summed E-state index contributed by atoms with van der Waals surface area (Å²) in [5, 5.41) is 4.24. The summed E-state index contributed by atoms with van der Waals surface area (Å²) in [7, 11) is 0. The first kappa shape index (κ1) is 23.1. The zero-order valence-corrected chi connectivity index (χ0v) is 18.6. The van der Waals surface area contributed by atoms with Gasteiger partial charge < -0.3 is 9.64 Å². The molecule has 1 saturated heterocycles. The Morgan fingerprint density at radius 1 is 1.11 bits per heavy atom. The summed E-state index contributed by atoms with van der Waals surface area (Å²) < 4.78 is 75.3. The number of amides is 1. The Bertz CT molecular complexity index is 1440. The van der Waals surface area contributed by atoms with Crippen LogP contribution < -0.4 is 0 Å². The molecular formula is C22H19F5N6O2. The van der Waals surface area contributed by atoms with Gasteiger partial charge in [0.1, 0.15) is 23.7 Å². The quantitative estimate of drug-likeness (QED) is 0.405. The van der Waals surface area contributed by atoms with Gasteiger partial charge in [-0.25, -0.2) is 13.8 Å². The largest absolute Gasteiger partial charge is 0.408 e. The second-order valence-electron chi connectivity index (χ2n) is 8.50. The van der Waals surface area contributed by atoms with Gasteiger partial charge in [0.15, 0.2) is 11.5 Å². The van der Waals surface area contributed by atoms with Crippen molar-refractivity contribution in [3.8, 4) is 11.4 Å². The Morgan fingerprint density at radius 2 is 1.83 bits per heavy atom. The molecule has 0 aromatic carbocycles. The number of halogens is 5. The number of imidazole rings is 1. The number of morpholine rings is 1. The molecule has 5 rings (SSSR count). The first-order chi connectivity index (χ1) is 16.5. The third-order valence-corrected chi connectivity index (χ3v) is 5.86. The van der Waals surface area contributed by atoms with Gasteiger partial charge in [0.25, 0.3) is 5.91 Å². The molecule has 1 aliphatic rings. The molecule has 0 saturated carbocycles. The average molecular weight is 494 g/mol. The number of aromatic nitrogens is 5. The molecule has 13 heteroatoms. The first-order valence-corrected chi connectivity index (χ1v) is 10.7. The zero-order valence-electron chi connectivity index (χ0n) is 18.6. The maximum absolute atomic E-state index is 14.1. The van der Waals surface area contributed by atoms with Crippen LogP contribution in [0.4, 0.5) is 22.0 Å². The highest BCUT2D eigenvalue weighted by Gasteiger charge is 2.33. The second kappa shape index (κ2) is 8.26. The third kappa shape index (κ3) is 4.09. The van der Waals surface area contributed by atoms with Crippen LogP contribution in [0.15, 0.2) is 30.7 Å². The number of nitrogens with zero attached hydrogens (tertiary/aromatic N) is 6. The highest BCUT2D eigenvalue weighted by atomic mass is 19.4. The van der Waals surface area contributed by atoms with Crippen molar-refractivity contribution in [3.63, 3.8) is 0 Å². The van der Waals surface area contributed by atoms with Crippen molar-refractivity contribution in [2.45, 2.75) is 38.7 Å². The van der Waals surface area contributed by atoms with Gasteiger partial charge >= 0.3 is 6.18 Å². The molecule has 5 heterocycles. The molecule has 0 N–H and O–H groups in total. The molecule has 35 heavy (non-hydrogen) atoms. The van der Waals surface area contributed by atoms with E-state index < -0.39 is 30.3 Å². The number of fused-ring (bicyclic) bond motifs is 2. The van der Waals surface area contributed by atoms with E-state index >= 15 is 0 Å². The lowest BCUT2D eigenvalue weighted by atomic mass is 10.1. The van der Waals surface area contributed by atoms with Crippen LogP contribution in [0.25, 0.3) is 27.9 Å². The van der Waals surface area contributed by atoms with E-state index in [1.807, 2.05) is 0 Å². The topological polar surface area (TPSA) is 77.6 Å². The van der Waals surface area contributed by atoms with E-state index in [0.717, 1.165) is 10.6 Å². The normalized spacial score (nSPS) is 19.1. The monoisotopic (exact) mass is 494 g/mol. The molecule has 184 valence electrons. The lowest BCUT2D eigenvalue weighted by molar-refractivity contribution is -0.141. The molecule has 4 aromatic rings. The highest BCUT2D eigenvalue weighted by molar-refractivity contribution is 5.99. The fourth-order valence-electron chi connectivity index (χ4n) is 4.39. The van der Waals surface area contributed by atoms with E-state index in [4.69, 9.17) is 4.74 Å². The standard InChI is InChI=1S/C22H19F5N6O2/c1-11-8-35-9-12(2)33(11)21(34)16-4-17-14(5-28-16)19(30-32(17)10-22(25,26)27)18-6-29-20-15(24)3-13(23)7-31(18)20/h3-7,11-12H,8-10H2,1-2H3. The lowest BCUT2D eigenvalue weighted by Crippen LogP contribution is -2.52. The van der Waals surface area contributed by atoms with Gasteiger partial charge in [-0.2, -0.15) is 18.3 Å². The van der Waals surface area contributed by atoms with Crippen LogP contribution in [0.5, 0.6) is 0 Å². The molecule has 2 atom stereocenters. The van der Waals surface area contributed by atoms with Crippen LogP contribution in [-0.2, 0) is 11.3 Å². The van der Waals surface area contributed by atoms with Gasteiger partial charge in [-0.3, -0.25) is 18.9 Å². The van der Waals surface area contributed by atoms with Gasteiger partial charge in [-0.15, -0.1) is 0 Å². The molecule has 4 aromatic heterocycles. The first-order valence-electron chi connectivity index (χ1n) is 10.7. The highest BCUT2D eigenvalue weighted by Crippen LogP contribution is 2.31. The lowest BCUT2D eigenvalue weighted by Gasteiger charge is -2.38. The van der Waals surface area contributed by atoms with E-state index in [0.29, 0.717) is 24.0 Å². The number of pyridine rings is 2. The number of carbonyl (C=O) groups is 1. The van der Waals surface area contributed by atoms with Gasteiger partial charge in [0.05, 0.1) is 42.7 Å². The summed E-state index contributed by atoms with van der Waals surface area (Å²) in [6, 6.07) is 1.41. The van der Waals surface area contributed by atoms with Crippen LogP contribution in [0.2, 0.25) is 0 Å². The van der Waals surface area contributed by atoms with E-state index in [2.05, 4.69) is 15.1 Å². The minimum atomic E-state index is -4.62. The number of carbonyl (C=O) groups excluding carboxylic acids is 1. The Labute approximate surface area is 194 Å². The van der Waals surface area contributed by atoms with Gasteiger partial charge in [0, 0.05) is 23.8 Å². The molecule has 0 bridgehead atoms. The number of alkyl halides is 3. The van der Waals surface area contributed by atoms with E-state index in [9.17, 15) is 26.7 Å². The second-order valence-corrected chi connectivity index (χ2v) is 8.50. The molecule has 0 radical (unpaired) electrons. The Hall–Kier alpha value is -3.61. The molecule has 8 nitrogen and oxygen atoms in total. The smallest absolute Gasteiger partial charge is 0.377 e. The summed E-state index contributed by atoms with van der Waals surface area (Å²) in [6.07, 6.45) is -1.23. The Kier molecular flexibility index (Phi) is 5.46. The van der Waals surface area contributed by atoms with Crippen molar-refractivity contribution >= 4 is 22.5 Å². The summed E-state index contributed by atoms with van der Waals surface area (Å²) in [6.45, 7) is 2.83. The molecule has 1 amide bonds. The molecule has 0 aliphatic carbocycles. The number of hydrogen-bond donors (Lipinski definition) is 0. The molecular weight excluding hydrogens is 475 g/mol. The van der Waals surface area contributed by atoms with Crippen molar-refractivity contribution in [1.82, 2.24) is 29.0 Å². The van der Waals surface area contributed by atoms with Crippen LogP contribution in [-0.4, -0.2) is 66.4 Å². The fourth-order valence-corrected chi connectivity index (χ4v) is 4.39. The Morgan fingerprint density at radius 3 is 2.51 bits per heavy atom. The van der Waals surface area contributed by atoms with Crippen LogP contribution in [0.1, 0.15) is 24.3 Å². The maximum atomic E-state index is 14.1. The van der Waals surface area contributed by atoms with Crippen molar-refractivity contribution < 1.29 is 31.5 Å². The maximum Gasteiger partial charge on any atom is 0.408 e. The Balaban J connectivity index is 1.67. The number of ether oxygens (including phenoxy) is 1. The van der Waals surface area contributed by atoms with Gasteiger partial charge in [-0.1, -0.05) is 0 Å². The SMILES string of the molecule is CC1COCC(C)N1C(=O)c1cc2c(cn1)c(-c1cnc3c(F)cc(F)cn13)nn2CC(F)(F)F. The van der Waals surface area contributed by atoms with Crippen LogP contribution in [0, 0.1) is 11.6 Å². The summed E-state index contributed by atoms with van der Waals surface area (Å²) in [5.74, 6) is -2.28. The fraction of sp³-hybridized carbons (Fsp3) is 0.364. The van der Waals surface area contributed by atoms with Crippen molar-refractivity contribution in [2.75, 3.05) is 13.2 Å². The minimum Gasteiger partial charge on any atom is -0.377 e. The van der Waals surface area contributed by atoms with Gasteiger partial charge in [0.2, 0.25) is 0 Å². The van der Waals surface area contributed by atoms with Crippen molar-refractivity contribution in [3.05, 3.63) is 48.1 Å².